The van der Waals surface area contributed by atoms with Crippen LogP contribution in [0.1, 0.15) is 10.4 Å². The highest BCUT2D eigenvalue weighted by atomic mass is 35.5. The molecule has 3 rings (SSSR count). The first-order chi connectivity index (χ1) is 14.4. The van der Waals surface area contributed by atoms with Crippen LogP contribution < -0.4 is 14.8 Å². The lowest BCUT2D eigenvalue weighted by atomic mass is 10.2. The van der Waals surface area contributed by atoms with Crippen molar-refractivity contribution in [2.45, 2.75) is 4.90 Å². The lowest BCUT2D eigenvalue weighted by Gasteiger charge is -2.11. The first-order valence-electron chi connectivity index (χ1n) is 8.93. The van der Waals surface area contributed by atoms with Crippen molar-refractivity contribution >= 4 is 33.2 Å². The van der Waals surface area contributed by atoms with Crippen LogP contribution in [-0.2, 0) is 10.0 Å². The van der Waals surface area contributed by atoms with Gasteiger partial charge in [-0.05, 0) is 42.5 Å². The molecule has 7 nitrogen and oxygen atoms in total. The smallest absolute Gasteiger partial charge is 0.257 e. The highest BCUT2D eigenvalue weighted by Crippen LogP contribution is 2.25. The van der Waals surface area contributed by atoms with Gasteiger partial charge < -0.3 is 15.2 Å². The zero-order valence-electron chi connectivity index (χ0n) is 15.7. The Morgan fingerprint density at radius 2 is 1.70 bits per heavy atom. The summed E-state index contributed by atoms with van der Waals surface area (Å²) in [7, 11) is -3.89. The van der Waals surface area contributed by atoms with Crippen LogP contribution in [0.2, 0.25) is 5.02 Å². The Morgan fingerprint density at radius 1 is 1.00 bits per heavy atom. The SMILES string of the molecule is O=C(Nc1ccccc1O)c1cc(S(=O)(=O)NCCOc2ccccc2)ccc1Cl. The van der Waals surface area contributed by atoms with Gasteiger partial charge in [0.1, 0.15) is 18.1 Å². The van der Waals surface area contributed by atoms with Gasteiger partial charge in [-0.25, -0.2) is 13.1 Å². The number of amides is 1. The fraction of sp³-hybridized carbons (Fsp3) is 0.0952. The van der Waals surface area contributed by atoms with Crippen molar-refractivity contribution in [3.63, 3.8) is 0 Å². The molecule has 0 aliphatic carbocycles. The zero-order chi connectivity index (χ0) is 21.6. The quantitative estimate of drug-likeness (QED) is 0.362. The number of sulfonamides is 1. The summed E-state index contributed by atoms with van der Waals surface area (Å²) in [5, 5.41) is 12.4. The number of ether oxygens (including phenoxy) is 1. The predicted molar refractivity (Wildman–Crippen MR) is 115 cm³/mol. The average molecular weight is 447 g/mol. The second kappa shape index (κ2) is 9.62. The summed E-state index contributed by atoms with van der Waals surface area (Å²) in [6.07, 6.45) is 0. The minimum Gasteiger partial charge on any atom is -0.506 e. The van der Waals surface area contributed by atoms with Crippen molar-refractivity contribution in [3.8, 4) is 11.5 Å². The predicted octanol–water partition coefficient (Wildman–Crippen LogP) is 3.66. The number of anilines is 1. The van der Waals surface area contributed by atoms with E-state index in [1.165, 1.54) is 30.3 Å². The molecule has 3 aromatic rings. The minimum atomic E-state index is -3.89. The molecule has 0 aliphatic rings. The molecule has 0 aliphatic heterocycles. The molecule has 0 spiro atoms. The minimum absolute atomic E-state index is 0.0386. The van der Waals surface area contributed by atoms with Crippen molar-refractivity contribution in [2.24, 2.45) is 0 Å². The van der Waals surface area contributed by atoms with E-state index >= 15 is 0 Å². The molecule has 3 aromatic carbocycles. The Kier molecular flexibility index (Phi) is 6.94. The van der Waals surface area contributed by atoms with Crippen LogP contribution >= 0.6 is 11.6 Å². The van der Waals surface area contributed by atoms with E-state index in [2.05, 4.69) is 10.0 Å². The van der Waals surface area contributed by atoms with Gasteiger partial charge in [0.2, 0.25) is 10.0 Å². The van der Waals surface area contributed by atoms with E-state index in [9.17, 15) is 18.3 Å². The van der Waals surface area contributed by atoms with Gasteiger partial charge in [-0.3, -0.25) is 4.79 Å². The summed E-state index contributed by atoms with van der Waals surface area (Å²) < 4.78 is 33.0. The van der Waals surface area contributed by atoms with Crippen LogP contribution in [0.25, 0.3) is 0 Å². The van der Waals surface area contributed by atoms with Crippen molar-refractivity contribution in [1.29, 1.82) is 0 Å². The Bertz CT molecular complexity index is 1140. The van der Waals surface area contributed by atoms with Crippen LogP contribution in [0.4, 0.5) is 5.69 Å². The highest BCUT2D eigenvalue weighted by molar-refractivity contribution is 7.89. The molecule has 156 valence electrons. The molecular formula is C21H19ClN2O5S. The Hall–Kier alpha value is -3.07. The van der Waals surface area contributed by atoms with Crippen LogP contribution in [0, 0.1) is 0 Å². The van der Waals surface area contributed by atoms with Gasteiger partial charge in [0.25, 0.3) is 5.91 Å². The summed E-state index contributed by atoms with van der Waals surface area (Å²) in [5.74, 6) is -0.136. The fourth-order valence-corrected chi connectivity index (χ4v) is 3.80. The third-order valence-corrected chi connectivity index (χ3v) is 5.84. The number of rotatable bonds is 8. The molecule has 0 saturated heterocycles. The molecule has 0 bridgehead atoms. The third kappa shape index (κ3) is 5.50. The normalized spacial score (nSPS) is 11.1. The molecule has 0 heterocycles. The highest BCUT2D eigenvalue weighted by Gasteiger charge is 2.19. The van der Waals surface area contributed by atoms with Crippen LogP contribution in [0.5, 0.6) is 11.5 Å². The van der Waals surface area contributed by atoms with E-state index < -0.39 is 15.9 Å². The van der Waals surface area contributed by atoms with E-state index in [-0.39, 0.29) is 40.1 Å². The van der Waals surface area contributed by atoms with Crippen LogP contribution in [-0.4, -0.2) is 32.6 Å². The number of phenols is 1. The maximum Gasteiger partial charge on any atom is 0.257 e. The molecule has 3 N–H and O–H groups in total. The number of hydrogen-bond donors (Lipinski definition) is 3. The monoisotopic (exact) mass is 446 g/mol. The number of nitrogens with one attached hydrogen (secondary N) is 2. The van der Waals surface area contributed by atoms with Crippen LogP contribution in [0.3, 0.4) is 0 Å². The lowest BCUT2D eigenvalue weighted by molar-refractivity contribution is 0.102. The van der Waals surface area contributed by atoms with Gasteiger partial charge in [-0.2, -0.15) is 0 Å². The van der Waals surface area contributed by atoms with Crippen molar-refractivity contribution in [3.05, 3.63) is 83.4 Å². The van der Waals surface area contributed by atoms with E-state index in [0.717, 1.165) is 0 Å². The van der Waals surface area contributed by atoms with Gasteiger partial charge in [0.15, 0.2) is 0 Å². The summed E-state index contributed by atoms with van der Waals surface area (Å²) in [4.78, 5) is 12.4. The lowest BCUT2D eigenvalue weighted by Crippen LogP contribution is -2.28. The maximum atomic E-state index is 12.6. The molecule has 0 saturated carbocycles. The Labute approximate surface area is 179 Å². The standard InChI is InChI=1S/C21H19ClN2O5S/c22-18-11-10-16(14-17(18)21(26)24-19-8-4-5-9-20(19)25)30(27,28)23-12-13-29-15-6-2-1-3-7-15/h1-11,14,23,25H,12-13H2,(H,24,26). The Morgan fingerprint density at radius 3 is 2.43 bits per heavy atom. The van der Waals surface area contributed by atoms with E-state index in [4.69, 9.17) is 16.3 Å². The topological polar surface area (TPSA) is 105 Å². The van der Waals surface area contributed by atoms with E-state index in [1.807, 2.05) is 18.2 Å². The molecule has 1 amide bonds. The summed E-state index contributed by atoms with van der Waals surface area (Å²) in [6, 6.07) is 19.0. The average Bonchev–Trinajstić information content (AvgIpc) is 2.74. The number of hydrogen-bond acceptors (Lipinski definition) is 5. The van der Waals surface area contributed by atoms with Gasteiger partial charge in [-0.15, -0.1) is 0 Å². The van der Waals surface area contributed by atoms with Crippen LogP contribution in [0.15, 0.2) is 77.7 Å². The molecular weight excluding hydrogens is 428 g/mol. The van der Waals surface area contributed by atoms with Gasteiger partial charge in [0, 0.05) is 6.54 Å². The number of carbonyl (C=O) groups is 1. The number of para-hydroxylation sites is 3. The first kappa shape index (κ1) is 21.6. The Balaban J connectivity index is 1.68. The molecule has 0 aromatic heterocycles. The van der Waals surface area contributed by atoms with Gasteiger partial charge in [0.05, 0.1) is 21.2 Å². The maximum absolute atomic E-state index is 12.6. The molecule has 0 unspecified atom stereocenters. The summed E-state index contributed by atoms with van der Waals surface area (Å²) >= 11 is 6.08. The molecule has 0 fully saturated rings. The first-order valence-corrected chi connectivity index (χ1v) is 10.8. The molecule has 0 atom stereocenters. The molecule has 9 heteroatoms. The number of aromatic hydroxyl groups is 1. The largest absolute Gasteiger partial charge is 0.506 e. The number of carbonyl (C=O) groups excluding carboxylic acids is 1. The number of halogens is 1. The molecule has 30 heavy (non-hydrogen) atoms. The van der Waals surface area contributed by atoms with Gasteiger partial charge >= 0.3 is 0 Å². The zero-order valence-corrected chi connectivity index (χ0v) is 17.3. The number of phenolic OH excluding ortho intramolecular Hbond substituents is 1. The fourth-order valence-electron chi connectivity index (χ4n) is 2.56. The second-order valence-electron chi connectivity index (χ2n) is 6.17. The second-order valence-corrected chi connectivity index (χ2v) is 8.35. The summed E-state index contributed by atoms with van der Waals surface area (Å²) in [6.45, 7) is 0.177. The summed E-state index contributed by atoms with van der Waals surface area (Å²) in [5.41, 5.74) is 0.145. The van der Waals surface area contributed by atoms with Crippen molar-refractivity contribution in [2.75, 3.05) is 18.5 Å². The molecule has 0 radical (unpaired) electrons. The number of benzene rings is 3. The van der Waals surface area contributed by atoms with Crippen molar-refractivity contribution in [1.82, 2.24) is 4.72 Å². The third-order valence-electron chi connectivity index (χ3n) is 4.05. The van der Waals surface area contributed by atoms with Crippen molar-refractivity contribution < 1.29 is 23.1 Å². The van der Waals surface area contributed by atoms with Gasteiger partial charge in [-0.1, -0.05) is 41.9 Å². The van der Waals surface area contributed by atoms with E-state index in [0.29, 0.717) is 5.75 Å². The van der Waals surface area contributed by atoms with E-state index in [1.54, 1.807) is 24.3 Å².